The molecule has 0 bridgehead atoms. The van der Waals surface area contributed by atoms with E-state index in [1.807, 2.05) is 19.0 Å². The first-order valence-corrected chi connectivity index (χ1v) is 8.67. The van der Waals surface area contributed by atoms with Crippen molar-refractivity contribution in [1.82, 2.24) is 15.1 Å². The molecule has 0 saturated carbocycles. The van der Waals surface area contributed by atoms with Gasteiger partial charge in [0.25, 0.3) is 0 Å². The fourth-order valence-corrected chi connectivity index (χ4v) is 3.62. The van der Waals surface area contributed by atoms with Gasteiger partial charge in [-0.1, -0.05) is 0 Å². The number of rotatable bonds is 4. The molecule has 20 heavy (non-hydrogen) atoms. The highest BCUT2D eigenvalue weighted by atomic mass is 32.2. The van der Waals surface area contributed by atoms with Crippen molar-refractivity contribution in [2.45, 2.75) is 25.0 Å². The van der Waals surface area contributed by atoms with Crippen LogP contribution in [0.25, 0.3) is 0 Å². The van der Waals surface area contributed by atoms with Crippen LogP contribution >= 0.6 is 0 Å². The maximum Gasteiger partial charge on any atom is 0.193 e. The second-order valence-electron chi connectivity index (χ2n) is 6.13. The summed E-state index contributed by atoms with van der Waals surface area (Å²) in [5, 5.41) is 3.31. The number of guanidine groups is 1. The number of nitrogens with zero attached hydrogens (tertiary/aromatic N) is 3. The van der Waals surface area contributed by atoms with Crippen LogP contribution in [0.2, 0.25) is 0 Å². The molecule has 1 heterocycles. The van der Waals surface area contributed by atoms with Gasteiger partial charge in [-0.15, -0.1) is 0 Å². The predicted molar refractivity (Wildman–Crippen MR) is 84.0 cm³/mol. The third kappa shape index (κ3) is 4.34. The summed E-state index contributed by atoms with van der Waals surface area (Å²) in [5.74, 6) is 0.991. The molecule has 0 atom stereocenters. The molecular formula is C13H28N4O2S. The highest BCUT2D eigenvalue weighted by molar-refractivity contribution is 7.92. The van der Waals surface area contributed by atoms with Crippen LogP contribution in [0.1, 0.15) is 20.3 Å². The van der Waals surface area contributed by atoms with Crippen molar-refractivity contribution in [2.75, 3.05) is 53.1 Å². The zero-order valence-corrected chi connectivity index (χ0v) is 14.1. The molecule has 6 nitrogen and oxygen atoms in total. The minimum absolute atomic E-state index is 0.193. The van der Waals surface area contributed by atoms with E-state index in [2.05, 4.69) is 15.2 Å². The van der Waals surface area contributed by atoms with Gasteiger partial charge < -0.3 is 15.1 Å². The van der Waals surface area contributed by atoms with E-state index in [1.54, 1.807) is 20.9 Å². The molecule has 0 spiro atoms. The van der Waals surface area contributed by atoms with Crippen molar-refractivity contribution in [3.05, 3.63) is 0 Å². The fraction of sp³-hybridized carbons (Fsp3) is 0.923. The number of sulfone groups is 1. The summed E-state index contributed by atoms with van der Waals surface area (Å²) in [7, 11) is 2.83. The van der Waals surface area contributed by atoms with Crippen molar-refractivity contribution in [3.8, 4) is 0 Å². The van der Waals surface area contributed by atoms with Gasteiger partial charge in [0.2, 0.25) is 0 Å². The Kier molecular flexibility index (Phi) is 5.82. The minimum atomic E-state index is -3.00. The molecule has 1 N–H and O–H groups in total. The van der Waals surface area contributed by atoms with E-state index in [9.17, 15) is 8.42 Å². The first-order valence-electron chi connectivity index (χ1n) is 7.02. The second kappa shape index (κ2) is 6.76. The Morgan fingerprint density at radius 3 is 2.55 bits per heavy atom. The molecular weight excluding hydrogens is 276 g/mol. The Morgan fingerprint density at radius 2 is 2.05 bits per heavy atom. The molecule has 0 unspecified atom stereocenters. The first-order chi connectivity index (χ1) is 9.19. The molecule has 0 aromatic heterocycles. The summed E-state index contributed by atoms with van der Waals surface area (Å²) in [6.07, 6.45) is 1.03. The predicted octanol–water partition coefficient (Wildman–Crippen LogP) is 0.0225. The minimum Gasteiger partial charge on any atom is -0.356 e. The molecule has 0 aliphatic carbocycles. The van der Waals surface area contributed by atoms with Gasteiger partial charge in [-0.3, -0.25) is 4.99 Å². The molecule has 1 fully saturated rings. The van der Waals surface area contributed by atoms with Gasteiger partial charge in [-0.25, -0.2) is 8.42 Å². The lowest BCUT2D eigenvalue weighted by molar-refractivity contribution is 0.350. The van der Waals surface area contributed by atoms with Crippen LogP contribution in [-0.2, 0) is 9.84 Å². The zero-order chi connectivity index (χ0) is 15.4. The van der Waals surface area contributed by atoms with Gasteiger partial charge in [-0.05, 0) is 40.9 Å². The number of hydrogen-bond donors (Lipinski definition) is 1. The summed E-state index contributed by atoms with van der Waals surface area (Å²) in [6, 6.07) is 0. The smallest absolute Gasteiger partial charge is 0.193 e. The maximum absolute atomic E-state index is 12.0. The van der Waals surface area contributed by atoms with Crippen molar-refractivity contribution in [1.29, 1.82) is 0 Å². The highest BCUT2D eigenvalue weighted by Crippen LogP contribution is 2.23. The third-order valence-electron chi connectivity index (χ3n) is 3.62. The van der Waals surface area contributed by atoms with Crippen LogP contribution in [0, 0.1) is 0 Å². The normalized spacial score (nSPS) is 22.1. The molecule has 118 valence electrons. The molecule has 1 rings (SSSR count). The number of hydrogen-bond acceptors (Lipinski definition) is 4. The first kappa shape index (κ1) is 17.2. The van der Waals surface area contributed by atoms with Gasteiger partial charge in [0.1, 0.15) is 0 Å². The zero-order valence-electron chi connectivity index (χ0n) is 13.3. The highest BCUT2D eigenvalue weighted by Gasteiger charge is 2.40. The number of aliphatic imine (C=N–C) groups is 1. The molecule has 0 aromatic rings. The van der Waals surface area contributed by atoms with Crippen LogP contribution < -0.4 is 5.32 Å². The lowest BCUT2D eigenvalue weighted by Crippen LogP contribution is -2.57. The van der Waals surface area contributed by atoms with Crippen LogP contribution in [0.5, 0.6) is 0 Å². The summed E-state index contributed by atoms with van der Waals surface area (Å²) in [5.41, 5.74) is 0. The average molecular weight is 304 g/mol. The molecule has 0 amide bonds. The van der Waals surface area contributed by atoms with Crippen LogP contribution in [0.15, 0.2) is 4.99 Å². The van der Waals surface area contributed by atoms with E-state index in [4.69, 9.17) is 0 Å². The van der Waals surface area contributed by atoms with Crippen molar-refractivity contribution in [3.63, 3.8) is 0 Å². The van der Waals surface area contributed by atoms with Crippen LogP contribution in [0.3, 0.4) is 0 Å². The molecule has 1 aliphatic heterocycles. The number of nitrogens with one attached hydrogen (secondary N) is 1. The average Bonchev–Trinajstić information content (AvgIpc) is 2.33. The van der Waals surface area contributed by atoms with Crippen molar-refractivity contribution >= 4 is 15.8 Å². The molecule has 1 aliphatic rings. The monoisotopic (exact) mass is 304 g/mol. The summed E-state index contributed by atoms with van der Waals surface area (Å²) < 4.78 is 23.3. The third-order valence-corrected chi connectivity index (χ3v) is 6.15. The Labute approximate surface area is 123 Å². The summed E-state index contributed by atoms with van der Waals surface area (Å²) in [4.78, 5) is 8.44. The standard InChI is InChI=1S/C13H28N4O2S/c1-13(2)11-17(9-10-20(13,18)19)12(14-3)15-7-6-8-16(4)5/h6-11H2,1-5H3,(H,14,15). The quantitative estimate of drug-likeness (QED) is 0.451. The lowest BCUT2D eigenvalue weighted by atomic mass is 10.2. The van der Waals surface area contributed by atoms with Gasteiger partial charge in [0.15, 0.2) is 15.8 Å². The Bertz CT molecular complexity index is 443. The molecule has 1 saturated heterocycles. The van der Waals surface area contributed by atoms with E-state index in [1.165, 1.54) is 0 Å². The molecule has 0 radical (unpaired) electrons. The Balaban J connectivity index is 2.56. The largest absolute Gasteiger partial charge is 0.356 e. The van der Waals surface area contributed by atoms with E-state index in [0.29, 0.717) is 13.1 Å². The van der Waals surface area contributed by atoms with Crippen molar-refractivity contribution < 1.29 is 8.42 Å². The topological polar surface area (TPSA) is 65.0 Å². The summed E-state index contributed by atoms with van der Waals surface area (Å²) >= 11 is 0. The van der Waals surface area contributed by atoms with E-state index in [0.717, 1.165) is 25.5 Å². The van der Waals surface area contributed by atoms with Gasteiger partial charge in [-0.2, -0.15) is 0 Å². The van der Waals surface area contributed by atoms with Gasteiger partial charge >= 0.3 is 0 Å². The van der Waals surface area contributed by atoms with Crippen LogP contribution in [-0.4, -0.2) is 82.0 Å². The maximum atomic E-state index is 12.0. The van der Waals surface area contributed by atoms with Crippen molar-refractivity contribution in [2.24, 2.45) is 4.99 Å². The molecule has 7 heteroatoms. The molecule has 0 aromatic carbocycles. The Hall–Kier alpha value is -0.820. The van der Waals surface area contributed by atoms with Gasteiger partial charge in [0, 0.05) is 26.7 Å². The van der Waals surface area contributed by atoms with E-state index >= 15 is 0 Å². The Morgan fingerprint density at radius 1 is 1.40 bits per heavy atom. The van der Waals surface area contributed by atoms with E-state index < -0.39 is 14.6 Å². The SMILES string of the molecule is CN=C(NCCCN(C)C)N1CCS(=O)(=O)C(C)(C)C1. The second-order valence-corrected chi connectivity index (χ2v) is 8.87. The summed E-state index contributed by atoms with van der Waals surface area (Å²) in [6.45, 7) is 6.43. The van der Waals surface area contributed by atoms with Crippen LogP contribution in [0.4, 0.5) is 0 Å². The van der Waals surface area contributed by atoms with E-state index in [-0.39, 0.29) is 5.75 Å². The fourth-order valence-electron chi connectivity index (χ4n) is 2.25. The lowest BCUT2D eigenvalue weighted by Gasteiger charge is -2.39. The van der Waals surface area contributed by atoms with Gasteiger partial charge in [0.05, 0.1) is 10.5 Å².